The molecule has 1 aromatic rings. The minimum Gasteiger partial charge on any atom is -0.336 e. The van der Waals surface area contributed by atoms with Gasteiger partial charge in [-0.05, 0) is 51.0 Å². The van der Waals surface area contributed by atoms with Crippen molar-refractivity contribution in [2.45, 2.75) is 46.2 Å². The van der Waals surface area contributed by atoms with Crippen LogP contribution in [0.25, 0.3) is 0 Å². The van der Waals surface area contributed by atoms with Gasteiger partial charge >= 0.3 is 6.03 Å². The van der Waals surface area contributed by atoms with Crippen LogP contribution in [0.5, 0.6) is 0 Å². The Morgan fingerprint density at radius 2 is 2.00 bits per heavy atom. The van der Waals surface area contributed by atoms with Crippen molar-refractivity contribution in [2.75, 3.05) is 11.4 Å². The Balaban J connectivity index is 2.02. The Labute approximate surface area is 125 Å². The molecule has 1 heterocycles. The van der Waals surface area contributed by atoms with E-state index in [1.54, 1.807) is 4.90 Å². The highest BCUT2D eigenvalue weighted by molar-refractivity contribution is 5.96. The zero-order valence-electron chi connectivity index (χ0n) is 13.1. The normalized spacial score (nSPS) is 18.2. The van der Waals surface area contributed by atoms with Crippen molar-refractivity contribution in [3.05, 3.63) is 29.3 Å². The summed E-state index contributed by atoms with van der Waals surface area (Å²) in [5, 5.41) is 5.63. The Bertz CT molecular complexity index is 554. The number of nitrogens with zero attached hydrogens (tertiary/aromatic N) is 1. The molecule has 3 amide bonds. The average molecular weight is 289 g/mol. The fourth-order valence-electron chi connectivity index (χ4n) is 2.44. The van der Waals surface area contributed by atoms with Gasteiger partial charge in [-0.3, -0.25) is 4.79 Å². The van der Waals surface area contributed by atoms with Gasteiger partial charge in [-0.25, -0.2) is 4.79 Å². The van der Waals surface area contributed by atoms with E-state index in [9.17, 15) is 9.59 Å². The highest BCUT2D eigenvalue weighted by Crippen LogP contribution is 2.24. The van der Waals surface area contributed by atoms with Crippen LogP contribution in [0.4, 0.5) is 10.5 Å². The SMILES string of the molecule is Cc1ccc(N2C[C@@H](NC(=O)NC(C)C)CC2=O)cc1C. The first-order valence-electron chi connectivity index (χ1n) is 7.31. The monoisotopic (exact) mass is 289 g/mol. The summed E-state index contributed by atoms with van der Waals surface area (Å²) in [7, 11) is 0. The molecular weight excluding hydrogens is 266 g/mol. The Morgan fingerprint density at radius 1 is 1.29 bits per heavy atom. The standard InChI is InChI=1S/C16H23N3O2/c1-10(2)17-16(21)18-13-8-15(20)19(9-13)14-6-5-11(3)12(4)7-14/h5-7,10,13H,8-9H2,1-4H3,(H2,17,18,21)/t13-/m0/s1. The number of benzene rings is 1. The molecule has 0 bridgehead atoms. The molecule has 0 spiro atoms. The zero-order valence-corrected chi connectivity index (χ0v) is 13.1. The summed E-state index contributed by atoms with van der Waals surface area (Å²) in [4.78, 5) is 25.6. The molecule has 114 valence electrons. The molecule has 0 saturated carbocycles. The number of carbonyl (C=O) groups is 2. The van der Waals surface area contributed by atoms with Crippen molar-refractivity contribution in [2.24, 2.45) is 0 Å². The maximum atomic E-state index is 12.1. The number of nitrogens with one attached hydrogen (secondary N) is 2. The number of carbonyl (C=O) groups excluding carboxylic acids is 2. The van der Waals surface area contributed by atoms with Crippen LogP contribution in [0, 0.1) is 13.8 Å². The molecule has 2 N–H and O–H groups in total. The van der Waals surface area contributed by atoms with Crippen molar-refractivity contribution in [1.82, 2.24) is 10.6 Å². The smallest absolute Gasteiger partial charge is 0.315 e. The second kappa shape index (κ2) is 6.16. The van der Waals surface area contributed by atoms with Crippen LogP contribution in [0.3, 0.4) is 0 Å². The average Bonchev–Trinajstić information content (AvgIpc) is 2.72. The summed E-state index contributed by atoms with van der Waals surface area (Å²) in [6.07, 6.45) is 0.346. The van der Waals surface area contributed by atoms with E-state index in [2.05, 4.69) is 10.6 Å². The summed E-state index contributed by atoms with van der Waals surface area (Å²) < 4.78 is 0. The molecule has 1 aliphatic rings. The number of anilines is 1. The zero-order chi connectivity index (χ0) is 15.6. The minimum atomic E-state index is -0.218. The summed E-state index contributed by atoms with van der Waals surface area (Å²) in [5.41, 5.74) is 3.27. The molecule has 0 aliphatic carbocycles. The van der Waals surface area contributed by atoms with Gasteiger partial charge in [0.15, 0.2) is 0 Å². The third-order valence-electron chi connectivity index (χ3n) is 3.68. The van der Waals surface area contributed by atoms with Gasteiger partial charge < -0.3 is 15.5 Å². The van der Waals surface area contributed by atoms with Crippen molar-refractivity contribution < 1.29 is 9.59 Å². The largest absolute Gasteiger partial charge is 0.336 e. The third kappa shape index (κ3) is 3.74. The fraction of sp³-hybridized carbons (Fsp3) is 0.500. The molecule has 1 aromatic carbocycles. The van der Waals surface area contributed by atoms with E-state index >= 15 is 0 Å². The Kier molecular flexibility index (Phi) is 4.50. The van der Waals surface area contributed by atoms with Crippen molar-refractivity contribution >= 4 is 17.6 Å². The summed E-state index contributed by atoms with van der Waals surface area (Å²) in [6.45, 7) is 8.41. The predicted molar refractivity (Wildman–Crippen MR) is 83.5 cm³/mol. The van der Waals surface area contributed by atoms with Gasteiger partial charge in [0.25, 0.3) is 0 Å². The quantitative estimate of drug-likeness (QED) is 0.895. The van der Waals surface area contributed by atoms with Crippen molar-refractivity contribution in [3.8, 4) is 0 Å². The first-order chi connectivity index (χ1) is 9.86. The number of urea groups is 1. The molecule has 0 unspecified atom stereocenters. The molecule has 2 rings (SSSR count). The van der Waals surface area contributed by atoms with Crippen LogP contribution in [0.15, 0.2) is 18.2 Å². The van der Waals surface area contributed by atoms with Gasteiger partial charge in [-0.15, -0.1) is 0 Å². The minimum absolute atomic E-state index is 0.0492. The van der Waals surface area contributed by atoms with E-state index in [0.717, 1.165) is 11.3 Å². The van der Waals surface area contributed by atoms with Crippen LogP contribution in [0.1, 0.15) is 31.4 Å². The second-order valence-corrected chi connectivity index (χ2v) is 5.95. The predicted octanol–water partition coefficient (Wildman–Crippen LogP) is 2.12. The van der Waals surface area contributed by atoms with Gasteiger partial charge in [0.2, 0.25) is 5.91 Å². The van der Waals surface area contributed by atoms with Gasteiger partial charge in [-0.1, -0.05) is 6.07 Å². The van der Waals surface area contributed by atoms with Gasteiger partial charge in [-0.2, -0.15) is 0 Å². The van der Waals surface area contributed by atoms with E-state index < -0.39 is 0 Å². The van der Waals surface area contributed by atoms with Gasteiger partial charge in [0.05, 0.1) is 6.04 Å². The molecule has 0 radical (unpaired) electrons. The first-order valence-corrected chi connectivity index (χ1v) is 7.31. The van der Waals surface area contributed by atoms with Crippen LogP contribution in [-0.4, -0.2) is 30.6 Å². The lowest BCUT2D eigenvalue weighted by molar-refractivity contribution is -0.117. The molecular formula is C16H23N3O2. The number of rotatable bonds is 3. The summed E-state index contributed by atoms with van der Waals surface area (Å²) in [6, 6.07) is 5.71. The molecule has 5 heteroatoms. The van der Waals surface area contributed by atoms with Crippen LogP contribution < -0.4 is 15.5 Å². The number of amides is 3. The molecule has 5 nitrogen and oxygen atoms in total. The molecule has 0 aromatic heterocycles. The number of hydrogen-bond donors (Lipinski definition) is 2. The summed E-state index contributed by atoms with van der Waals surface area (Å²) in [5.74, 6) is 0.0492. The lowest BCUT2D eigenvalue weighted by atomic mass is 10.1. The molecule has 1 atom stereocenters. The lowest BCUT2D eigenvalue weighted by Gasteiger charge is -2.19. The second-order valence-electron chi connectivity index (χ2n) is 5.95. The van der Waals surface area contributed by atoms with E-state index in [1.807, 2.05) is 45.9 Å². The Morgan fingerprint density at radius 3 is 2.62 bits per heavy atom. The third-order valence-corrected chi connectivity index (χ3v) is 3.68. The first kappa shape index (κ1) is 15.4. The number of aryl methyl sites for hydroxylation is 2. The maximum absolute atomic E-state index is 12.1. The van der Waals surface area contributed by atoms with Crippen molar-refractivity contribution in [3.63, 3.8) is 0 Å². The highest BCUT2D eigenvalue weighted by atomic mass is 16.2. The summed E-state index contributed by atoms with van der Waals surface area (Å²) >= 11 is 0. The maximum Gasteiger partial charge on any atom is 0.315 e. The lowest BCUT2D eigenvalue weighted by Crippen LogP contribution is -2.45. The van der Waals surface area contributed by atoms with E-state index in [0.29, 0.717) is 13.0 Å². The molecule has 21 heavy (non-hydrogen) atoms. The topological polar surface area (TPSA) is 61.4 Å². The molecule has 1 aliphatic heterocycles. The fourth-order valence-corrected chi connectivity index (χ4v) is 2.44. The van der Waals surface area contributed by atoms with Crippen LogP contribution >= 0.6 is 0 Å². The number of hydrogen-bond acceptors (Lipinski definition) is 2. The van der Waals surface area contributed by atoms with E-state index in [4.69, 9.17) is 0 Å². The van der Waals surface area contributed by atoms with Crippen LogP contribution in [0.2, 0.25) is 0 Å². The van der Waals surface area contributed by atoms with Crippen LogP contribution in [-0.2, 0) is 4.79 Å². The molecule has 1 fully saturated rings. The Hall–Kier alpha value is -2.04. The highest BCUT2D eigenvalue weighted by Gasteiger charge is 2.31. The van der Waals surface area contributed by atoms with Gasteiger partial charge in [0.1, 0.15) is 0 Å². The van der Waals surface area contributed by atoms with E-state index in [1.165, 1.54) is 5.56 Å². The molecule has 1 saturated heterocycles. The van der Waals surface area contributed by atoms with Crippen molar-refractivity contribution in [1.29, 1.82) is 0 Å². The van der Waals surface area contributed by atoms with Gasteiger partial charge in [0, 0.05) is 24.7 Å². The van der Waals surface area contributed by atoms with E-state index in [-0.39, 0.29) is 24.0 Å².